The zero-order chi connectivity index (χ0) is 21.7. The molecule has 0 aliphatic heterocycles. The molecule has 0 bridgehead atoms. The van der Waals surface area contributed by atoms with Crippen LogP contribution in [-0.4, -0.2) is 0 Å². The maximum atomic E-state index is 3.90. The van der Waals surface area contributed by atoms with Gasteiger partial charge in [-0.05, 0) is 83.2 Å². The van der Waals surface area contributed by atoms with Gasteiger partial charge in [0.25, 0.3) is 0 Å². The van der Waals surface area contributed by atoms with Crippen molar-refractivity contribution in [1.29, 1.82) is 0 Å². The van der Waals surface area contributed by atoms with Crippen LogP contribution in [0.2, 0.25) is 0 Å². The Morgan fingerprint density at radius 3 is 1.88 bits per heavy atom. The first-order valence-electron chi connectivity index (χ1n) is 11.2. The number of allylic oxidation sites excluding steroid dienone is 1. The minimum Gasteiger partial charge on any atom is -0.0833 e. The standard InChI is InChI=1S/C31H23Br/c1-20-10-9-17-23-26(19-18-22(29(20)23)21-11-3-2-4-12-21)30-24-13-5-7-15-27(24)31(32)28-16-8-6-14-25(28)30/h2-9,11-20H,10H2,1H3. The molecule has 0 saturated carbocycles. The molecule has 5 aromatic rings. The highest BCUT2D eigenvalue weighted by atomic mass is 79.9. The number of hydrogen-bond acceptors (Lipinski definition) is 0. The molecule has 1 aliphatic carbocycles. The third-order valence-electron chi connectivity index (χ3n) is 6.77. The Labute approximate surface area is 197 Å². The van der Waals surface area contributed by atoms with E-state index in [-0.39, 0.29) is 0 Å². The molecule has 1 atom stereocenters. The number of fused-ring (bicyclic) bond motifs is 3. The molecule has 0 nitrogen and oxygen atoms in total. The van der Waals surface area contributed by atoms with E-state index in [9.17, 15) is 0 Å². The topological polar surface area (TPSA) is 0 Å². The Morgan fingerprint density at radius 2 is 1.22 bits per heavy atom. The lowest BCUT2D eigenvalue weighted by Gasteiger charge is -2.26. The zero-order valence-electron chi connectivity index (χ0n) is 18.0. The molecule has 0 saturated heterocycles. The van der Waals surface area contributed by atoms with E-state index in [0.29, 0.717) is 5.92 Å². The second kappa shape index (κ2) is 7.76. The fourth-order valence-corrected chi connectivity index (χ4v) is 6.00. The van der Waals surface area contributed by atoms with E-state index in [4.69, 9.17) is 0 Å². The summed E-state index contributed by atoms with van der Waals surface area (Å²) in [5.74, 6) is 0.484. The summed E-state index contributed by atoms with van der Waals surface area (Å²) in [6.07, 6.45) is 5.77. The van der Waals surface area contributed by atoms with Gasteiger partial charge in [-0.3, -0.25) is 0 Å². The van der Waals surface area contributed by atoms with Gasteiger partial charge >= 0.3 is 0 Å². The lowest BCUT2D eigenvalue weighted by atomic mass is 9.78. The van der Waals surface area contributed by atoms with Crippen molar-refractivity contribution in [3.8, 4) is 22.3 Å². The summed E-state index contributed by atoms with van der Waals surface area (Å²) in [7, 11) is 0. The van der Waals surface area contributed by atoms with Gasteiger partial charge in [-0.25, -0.2) is 0 Å². The normalized spacial score (nSPS) is 15.2. The van der Waals surface area contributed by atoms with Crippen LogP contribution < -0.4 is 0 Å². The lowest BCUT2D eigenvalue weighted by molar-refractivity contribution is 0.774. The van der Waals surface area contributed by atoms with Crippen molar-refractivity contribution < 1.29 is 0 Å². The average molecular weight is 475 g/mol. The molecule has 0 spiro atoms. The Bertz CT molecular complexity index is 1450. The van der Waals surface area contributed by atoms with Crippen molar-refractivity contribution in [3.63, 3.8) is 0 Å². The Morgan fingerprint density at radius 1 is 0.656 bits per heavy atom. The van der Waals surface area contributed by atoms with Crippen molar-refractivity contribution in [2.24, 2.45) is 0 Å². The average Bonchev–Trinajstić information content (AvgIpc) is 2.85. The molecule has 0 fully saturated rings. The monoisotopic (exact) mass is 474 g/mol. The smallest absolute Gasteiger partial charge is 0.0332 e. The SMILES string of the molecule is CC1CC=Cc2c(-c3c4ccccc4c(Br)c4ccccc34)ccc(-c3ccccc3)c21. The summed E-state index contributed by atoms with van der Waals surface area (Å²) in [6, 6.07) is 33.0. The molecule has 5 aromatic carbocycles. The minimum atomic E-state index is 0.484. The molecule has 1 aliphatic rings. The maximum Gasteiger partial charge on any atom is 0.0332 e. The summed E-state index contributed by atoms with van der Waals surface area (Å²) in [5.41, 5.74) is 8.13. The van der Waals surface area contributed by atoms with Crippen molar-refractivity contribution in [1.82, 2.24) is 0 Å². The molecular weight excluding hydrogens is 452 g/mol. The predicted molar refractivity (Wildman–Crippen MR) is 142 cm³/mol. The van der Waals surface area contributed by atoms with Gasteiger partial charge in [-0.1, -0.05) is 110 Å². The van der Waals surface area contributed by atoms with E-state index in [1.165, 1.54) is 59.4 Å². The molecule has 32 heavy (non-hydrogen) atoms. The van der Waals surface area contributed by atoms with Crippen LogP contribution in [0, 0.1) is 0 Å². The molecule has 0 aromatic heterocycles. The van der Waals surface area contributed by atoms with Crippen molar-refractivity contribution in [2.45, 2.75) is 19.3 Å². The Balaban J connectivity index is 1.75. The van der Waals surface area contributed by atoms with Crippen LogP contribution in [0.3, 0.4) is 0 Å². The summed E-state index contributed by atoms with van der Waals surface area (Å²) >= 11 is 3.90. The third kappa shape index (κ3) is 2.96. The Hall–Kier alpha value is -3.16. The third-order valence-corrected chi connectivity index (χ3v) is 7.63. The first-order chi connectivity index (χ1) is 15.7. The first kappa shape index (κ1) is 19.5. The molecule has 0 N–H and O–H groups in total. The van der Waals surface area contributed by atoms with Crippen LogP contribution >= 0.6 is 15.9 Å². The van der Waals surface area contributed by atoms with Crippen LogP contribution in [0.15, 0.2) is 102 Å². The number of benzene rings is 5. The minimum absolute atomic E-state index is 0.484. The van der Waals surface area contributed by atoms with Crippen LogP contribution in [0.1, 0.15) is 30.4 Å². The van der Waals surface area contributed by atoms with Gasteiger partial charge in [0.15, 0.2) is 0 Å². The van der Waals surface area contributed by atoms with Crippen molar-refractivity contribution >= 4 is 43.6 Å². The second-order valence-corrected chi connectivity index (χ2v) is 9.47. The Kier molecular flexibility index (Phi) is 4.73. The maximum absolute atomic E-state index is 3.90. The van der Waals surface area contributed by atoms with Crippen molar-refractivity contribution in [2.75, 3.05) is 0 Å². The summed E-state index contributed by atoms with van der Waals surface area (Å²) in [5, 5.41) is 5.10. The van der Waals surface area contributed by atoms with Crippen molar-refractivity contribution in [3.05, 3.63) is 113 Å². The zero-order valence-corrected chi connectivity index (χ0v) is 19.6. The van der Waals surface area contributed by atoms with Gasteiger partial charge in [0.1, 0.15) is 0 Å². The van der Waals surface area contributed by atoms with Gasteiger partial charge in [0.2, 0.25) is 0 Å². The quantitative estimate of drug-likeness (QED) is 0.223. The molecule has 0 heterocycles. The summed E-state index contributed by atoms with van der Waals surface area (Å²) < 4.78 is 1.17. The van der Waals surface area contributed by atoms with Crippen LogP contribution in [0.25, 0.3) is 49.9 Å². The molecule has 6 rings (SSSR count). The van der Waals surface area contributed by atoms with E-state index >= 15 is 0 Å². The molecule has 154 valence electrons. The van der Waals surface area contributed by atoms with Crippen LogP contribution in [0.4, 0.5) is 0 Å². The van der Waals surface area contributed by atoms with Gasteiger partial charge in [-0.2, -0.15) is 0 Å². The predicted octanol–water partition coefficient (Wildman–Crippen LogP) is 9.61. The van der Waals surface area contributed by atoms with Gasteiger partial charge in [0.05, 0.1) is 0 Å². The van der Waals surface area contributed by atoms with E-state index in [2.05, 4.69) is 126 Å². The molecule has 0 radical (unpaired) electrons. The van der Waals surface area contributed by atoms with Gasteiger partial charge in [0, 0.05) is 4.47 Å². The largest absolute Gasteiger partial charge is 0.0833 e. The van der Waals surface area contributed by atoms with Crippen LogP contribution in [-0.2, 0) is 0 Å². The fourth-order valence-electron chi connectivity index (χ4n) is 5.31. The summed E-state index contributed by atoms with van der Waals surface area (Å²) in [6.45, 7) is 2.36. The highest BCUT2D eigenvalue weighted by Crippen LogP contribution is 2.47. The molecule has 1 unspecified atom stereocenters. The van der Waals surface area contributed by atoms with E-state index < -0.39 is 0 Å². The first-order valence-corrected chi connectivity index (χ1v) is 12.0. The van der Waals surface area contributed by atoms with E-state index in [1.54, 1.807) is 0 Å². The lowest BCUT2D eigenvalue weighted by Crippen LogP contribution is -2.05. The van der Waals surface area contributed by atoms with E-state index in [1.807, 2.05) is 0 Å². The molecular formula is C31H23Br. The fraction of sp³-hybridized carbons (Fsp3) is 0.0968. The number of hydrogen-bond donors (Lipinski definition) is 0. The highest BCUT2D eigenvalue weighted by Gasteiger charge is 2.23. The molecule has 1 heteroatoms. The highest BCUT2D eigenvalue weighted by molar-refractivity contribution is 9.10. The molecule has 0 amide bonds. The second-order valence-electron chi connectivity index (χ2n) is 8.67. The summed E-state index contributed by atoms with van der Waals surface area (Å²) in [4.78, 5) is 0. The van der Waals surface area contributed by atoms with E-state index in [0.717, 1.165) is 6.42 Å². The van der Waals surface area contributed by atoms with Gasteiger partial charge in [-0.15, -0.1) is 0 Å². The van der Waals surface area contributed by atoms with Crippen LogP contribution in [0.5, 0.6) is 0 Å². The van der Waals surface area contributed by atoms with Gasteiger partial charge < -0.3 is 0 Å². The number of rotatable bonds is 2. The number of halogens is 1.